The number of aromatic nitrogens is 3. The van der Waals surface area contributed by atoms with Crippen molar-refractivity contribution < 1.29 is 4.39 Å². The minimum atomic E-state index is -0.328. The van der Waals surface area contributed by atoms with Crippen LogP contribution in [0, 0.1) is 5.82 Å². The molecule has 0 bridgehead atoms. The lowest BCUT2D eigenvalue weighted by Crippen LogP contribution is -2.02. The van der Waals surface area contributed by atoms with Crippen molar-refractivity contribution in [2.45, 2.75) is 19.9 Å². The summed E-state index contributed by atoms with van der Waals surface area (Å²) in [6, 6.07) is 3.01. The van der Waals surface area contributed by atoms with E-state index in [4.69, 9.17) is 0 Å². The first-order chi connectivity index (χ1) is 8.19. The molecule has 2 aromatic rings. The van der Waals surface area contributed by atoms with Crippen LogP contribution in [0.3, 0.4) is 0 Å². The Hall–Kier alpha value is -1.91. The van der Waals surface area contributed by atoms with Gasteiger partial charge in [0.25, 0.3) is 0 Å². The smallest absolute Gasteiger partial charge is 0.141 e. The van der Waals surface area contributed by atoms with E-state index < -0.39 is 0 Å². The lowest BCUT2D eigenvalue weighted by Gasteiger charge is -2.04. The SMILES string of the molecule is CCc1nn(C)cc1CNc1ccc(F)cn1. The zero-order valence-corrected chi connectivity index (χ0v) is 9.94. The maximum Gasteiger partial charge on any atom is 0.141 e. The highest BCUT2D eigenvalue weighted by atomic mass is 19.1. The molecule has 4 nitrogen and oxygen atoms in total. The number of anilines is 1. The van der Waals surface area contributed by atoms with Gasteiger partial charge in [0.2, 0.25) is 0 Å². The Kier molecular flexibility index (Phi) is 3.37. The highest BCUT2D eigenvalue weighted by Crippen LogP contribution is 2.10. The van der Waals surface area contributed by atoms with Gasteiger partial charge in [-0.15, -0.1) is 0 Å². The number of nitrogens with zero attached hydrogens (tertiary/aromatic N) is 3. The van der Waals surface area contributed by atoms with Crippen molar-refractivity contribution in [3.63, 3.8) is 0 Å². The average molecular weight is 234 g/mol. The van der Waals surface area contributed by atoms with Crippen LogP contribution in [0.1, 0.15) is 18.2 Å². The van der Waals surface area contributed by atoms with Crippen molar-refractivity contribution in [3.05, 3.63) is 41.6 Å². The van der Waals surface area contributed by atoms with Crippen LogP contribution in [0.2, 0.25) is 0 Å². The van der Waals surface area contributed by atoms with Crippen LogP contribution in [-0.4, -0.2) is 14.8 Å². The summed E-state index contributed by atoms with van der Waals surface area (Å²) in [5.74, 6) is 0.337. The first kappa shape index (κ1) is 11.6. The zero-order chi connectivity index (χ0) is 12.3. The molecule has 2 aromatic heterocycles. The third kappa shape index (κ3) is 2.81. The number of nitrogens with one attached hydrogen (secondary N) is 1. The van der Waals surface area contributed by atoms with Crippen molar-refractivity contribution in [3.8, 4) is 0 Å². The number of hydrogen-bond donors (Lipinski definition) is 1. The molecular weight excluding hydrogens is 219 g/mol. The molecule has 0 aromatic carbocycles. The van der Waals surface area contributed by atoms with Gasteiger partial charge in [0, 0.05) is 25.4 Å². The van der Waals surface area contributed by atoms with Crippen LogP contribution < -0.4 is 5.32 Å². The fourth-order valence-corrected chi connectivity index (χ4v) is 1.70. The standard InChI is InChI=1S/C12H15FN4/c1-3-11-9(8-17(2)16-11)6-14-12-5-4-10(13)7-15-12/h4-5,7-8H,3,6H2,1-2H3,(H,14,15). The molecule has 0 saturated heterocycles. The van der Waals surface area contributed by atoms with Crippen molar-refractivity contribution in [1.29, 1.82) is 0 Å². The van der Waals surface area contributed by atoms with Gasteiger partial charge < -0.3 is 5.32 Å². The highest BCUT2D eigenvalue weighted by molar-refractivity contribution is 5.35. The molecule has 0 aliphatic rings. The Morgan fingerprint density at radius 1 is 1.41 bits per heavy atom. The molecular formula is C12H15FN4. The molecule has 0 unspecified atom stereocenters. The predicted octanol–water partition coefficient (Wildman–Crippen LogP) is 2.13. The minimum Gasteiger partial charge on any atom is -0.366 e. The Morgan fingerprint density at radius 3 is 2.88 bits per heavy atom. The summed E-state index contributed by atoms with van der Waals surface area (Å²) < 4.78 is 14.5. The largest absolute Gasteiger partial charge is 0.366 e. The third-order valence-corrected chi connectivity index (χ3v) is 2.51. The first-order valence-electron chi connectivity index (χ1n) is 5.56. The Morgan fingerprint density at radius 2 is 2.24 bits per heavy atom. The van der Waals surface area contributed by atoms with E-state index in [0.717, 1.165) is 17.7 Å². The zero-order valence-electron chi connectivity index (χ0n) is 9.94. The van der Waals surface area contributed by atoms with Gasteiger partial charge in [-0.05, 0) is 18.6 Å². The summed E-state index contributed by atoms with van der Waals surface area (Å²) in [5.41, 5.74) is 2.21. The van der Waals surface area contributed by atoms with Crippen molar-refractivity contribution in [1.82, 2.24) is 14.8 Å². The minimum absolute atomic E-state index is 0.328. The molecule has 0 radical (unpaired) electrons. The Balaban J connectivity index is 2.04. The summed E-state index contributed by atoms with van der Waals surface area (Å²) in [5, 5.41) is 7.50. The van der Waals surface area contributed by atoms with Gasteiger partial charge in [-0.2, -0.15) is 5.10 Å². The maximum atomic E-state index is 12.7. The molecule has 17 heavy (non-hydrogen) atoms. The van der Waals surface area contributed by atoms with Crippen LogP contribution in [0.25, 0.3) is 0 Å². The van der Waals surface area contributed by atoms with E-state index in [9.17, 15) is 4.39 Å². The molecule has 0 aliphatic heterocycles. The second kappa shape index (κ2) is 4.95. The normalized spacial score (nSPS) is 10.5. The summed E-state index contributed by atoms with van der Waals surface area (Å²) in [7, 11) is 1.90. The van der Waals surface area contributed by atoms with E-state index in [1.54, 1.807) is 10.7 Å². The number of halogens is 1. The molecule has 0 aliphatic carbocycles. The van der Waals surface area contributed by atoms with Crippen molar-refractivity contribution >= 4 is 5.82 Å². The molecule has 1 N–H and O–H groups in total. The summed E-state index contributed by atoms with van der Waals surface area (Å²) >= 11 is 0. The molecule has 2 heterocycles. The molecule has 0 amide bonds. The van der Waals surface area contributed by atoms with E-state index in [0.29, 0.717) is 12.4 Å². The van der Waals surface area contributed by atoms with Crippen molar-refractivity contribution in [2.75, 3.05) is 5.32 Å². The average Bonchev–Trinajstić information content (AvgIpc) is 2.69. The highest BCUT2D eigenvalue weighted by Gasteiger charge is 2.05. The number of hydrogen-bond acceptors (Lipinski definition) is 3. The van der Waals surface area contributed by atoms with Gasteiger partial charge in [0.15, 0.2) is 0 Å². The van der Waals surface area contributed by atoms with Gasteiger partial charge in [0.05, 0.1) is 11.9 Å². The molecule has 2 rings (SSSR count). The molecule has 5 heteroatoms. The lowest BCUT2D eigenvalue weighted by molar-refractivity contribution is 0.621. The van der Waals surface area contributed by atoms with E-state index in [-0.39, 0.29) is 5.82 Å². The molecule has 0 atom stereocenters. The fourth-order valence-electron chi connectivity index (χ4n) is 1.70. The van der Waals surface area contributed by atoms with E-state index in [2.05, 4.69) is 22.3 Å². The predicted molar refractivity (Wildman–Crippen MR) is 64.1 cm³/mol. The van der Waals surface area contributed by atoms with Crippen LogP contribution in [0.4, 0.5) is 10.2 Å². The number of pyridine rings is 1. The quantitative estimate of drug-likeness (QED) is 0.881. The van der Waals surface area contributed by atoms with Gasteiger partial charge in [-0.1, -0.05) is 6.92 Å². The second-order valence-electron chi connectivity index (χ2n) is 3.84. The molecule has 0 spiro atoms. The van der Waals surface area contributed by atoms with Crippen LogP contribution in [-0.2, 0) is 20.0 Å². The Labute approximate surface area is 99.5 Å². The number of aryl methyl sites for hydroxylation is 2. The van der Waals surface area contributed by atoms with Gasteiger partial charge in [0.1, 0.15) is 11.6 Å². The number of rotatable bonds is 4. The molecule has 0 fully saturated rings. The van der Waals surface area contributed by atoms with E-state index in [1.807, 2.05) is 13.2 Å². The Bertz CT molecular complexity index is 490. The van der Waals surface area contributed by atoms with E-state index >= 15 is 0 Å². The third-order valence-electron chi connectivity index (χ3n) is 2.51. The van der Waals surface area contributed by atoms with Crippen molar-refractivity contribution in [2.24, 2.45) is 7.05 Å². The summed E-state index contributed by atoms with van der Waals surface area (Å²) in [6.07, 6.45) is 4.08. The van der Waals surface area contributed by atoms with Crippen LogP contribution >= 0.6 is 0 Å². The summed E-state index contributed by atoms with van der Waals surface area (Å²) in [6.45, 7) is 2.72. The van der Waals surface area contributed by atoms with Crippen LogP contribution in [0.5, 0.6) is 0 Å². The molecule has 0 saturated carbocycles. The van der Waals surface area contributed by atoms with Gasteiger partial charge >= 0.3 is 0 Å². The van der Waals surface area contributed by atoms with E-state index in [1.165, 1.54) is 12.3 Å². The van der Waals surface area contributed by atoms with Crippen LogP contribution in [0.15, 0.2) is 24.5 Å². The lowest BCUT2D eigenvalue weighted by atomic mass is 10.2. The topological polar surface area (TPSA) is 42.7 Å². The fraction of sp³-hybridized carbons (Fsp3) is 0.333. The first-order valence-corrected chi connectivity index (χ1v) is 5.56. The van der Waals surface area contributed by atoms with Gasteiger partial charge in [-0.25, -0.2) is 9.37 Å². The second-order valence-corrected chi connectivity index (χ2v) is 3.84. The maximum absolute atomic E-state index is 12.7. The molecule has 90 valence electrons. The monoisotopic (exact) mass is 234 g/mol. The van der Waals surface area contributed by atoms with Gasteiger partial charge in [-0.3, -0.25) is 4.68 Å². The summed E-state index contributed by atoms with van der Waals surface area (Å²) in [4.78, 5) is 3.94.